The summed E-state index contributed by atoms with van der Waals surface area (Å²) in [5, 5.41) is 0. The number of carbonyl (C=O) groups excluding carboxylic acids is 1. The average Bonchev–Trinajstić information content (AvgIpc) is 2.68. The van der Waals surface area contributed by atoms with Crippen LogP contribution >= 0.6 is 0 Å². The molecule has 0 amide bonds. The summed E-state index contributed by atoms with van der Waals surface area (Å²) in [7, 11) is -2.66. The standard InChI is InChI=1S/C18H15N3O4S/c1-25-18(22)14-8-5-9-16(10-14)26(23,24)21-15-11-19-17(20-12-15)13-6-3-2-4-7-13/h2-12,21H,1H3. The van der Waals surface area contributed by atoms with Crippen LogP contribution < -0.4 is 4.72 Å². The number of hydrogen-bond donors (Lipinski definition) is 1. The van der Waals surface area contributed by atoms with Crippen molar-refractivity contribution < 1.29 is 17.9 Å². The molecule has 3 rings (SSSR count). The zero-order valence-corrected chi connectivity index (χ0v) is 14.6. The maximum Gasteiger partial charge on any atom is 0.337 e. The fourth-order valence-corrected chi connectivity index (χ4v) is 3.31. The van der Waals surface area contributed by atoms with Crippen LogP contribution in [-0.4, -0.2) is 31.5 Å². The first kappa shape index (κ1) is 17.6. The van der Waals surface area contributed by atoms with E-state index in [1.807, 2.05) is 30.3 Å². The Bertz CT molecular complexity index is 1020. The van der Waals surface area contributed by atoms with Crippen LogP contribution in [0, 0.1) is 0 Å². The van der Waals surface area contributed by atoms with E-state index in [9.17, 15) is 13.2 Å². The second-order valence-corrected chi connectivity index (χ2v) is 6.97. The number of methoxy groups -OCH3 is 1. The minimum atomic E-state index is -3.89. The van der Waals surface area contributed by atoms with Crippen molar-refractivity contribution in [3.8, 4) is 11.4 Å². The molecule has 0 fully saturated rings. The second kappa shape index (κ2) is 7.32. The van der Waals surface area contributed by atoms with Gasteiger partial charge in [0.2, 0.25) is 0 Å². The quantitative estimate of drug-likeness (QED) is 0.695. The molecular weight excluding hydrogens is 354 g/mol. The summed E-state index contributed by atoms with van der Waals surface area (Å²) in [5.41, 5.74) is 1.19. The molecule has 0 aliphatic rings. The minimum absolute atomic E-state index is 0.0625. The Labute approximate surface area is 150 Å². The van der Waals surface area contributed by atoms with Gasteiger partial charge in [0.1, 0.15) is 0 Å². The maximum atomic E-state index is 12.5. The van der Waals surface area contributed by atoms with Crippen molar-refractivity contribution in [2.24, 2.45) is 0 Å². The van der Waals surface area contributed by atoms with Gasteiger partial charge in [-0.2, -0.15) is 0 Å². The lowest BCUT2D eigenvalue weighted by Gasteiger charge is -2.09. The number of rotatable bonds is 5. The zero-order chi connectivity index (χ0) is 18.6. The van der Waals surface area contributed by atoms with Gasteiger partial charge in [-0.3, -0.25) is 4.72 Å². The van der Waals surface area contributed by atoms with E-state index in [0.29, 0.717) is 5.82 Å². The molecule has 26 heavy (non-hydrogen) atoms. The van der Waals surface area contributed by atoms with E-state index in [1.165, 1.54) is 43.8 Å². The predicted octanol–water partition coefficient (Wildman–Crippen LogP) is 2.73. The molecule has 0 aliphatic heterocycles. The first-order valence-electron chi connectivity index (χ1n) is 7.58. The van der Waals surface area contributed by atoms with Crippen LogP contribution in [0.1, 0.15) is 10.4 Å². The Morgan fingerprint density at radius 1 is 1.00 bits per heavy atom. The fraction of sp³-hybridized carbons (Fsp3) is 0.0556. The summed E-state index contributed by atoms with van der Waals surface area (Å²) in [6, 6.07) is 14.9. The second-order valence-electron chi connectivity index (χ2n) is 5.29. The molecule has 0 unspecified atom stereocenters. The molecule has 0 saturated heterocycles. The van der Waals surface area contributed by atoms with Crippen LogP contribution in [0.5, 0.6) is 0 Å². The van der Waals surface area contributed by atoms with Crippen molar-refractivity contribution in [2.45, 2.75) is 4.90 Å². The summed E-state index contributed by atoms with van der Waals surface area (Å²) in [6.07, 6.45) is 2.77. The van der Waals surface area contributed by atoms with Crippen LogP contribution in [0.15, 0.2) is 71.9 Å². The maximum absolute atomic E-state index is 12.5. The molecule has 2 aromatic carbocycles. The number of sulfonamides is 1. The highest BCUT2D eigenvalue weighted by Gasteiger charge is 2.17. The molecule has 1 N–H and O–H groups in total. The number of hydrogen-bond acceptors (Lipinski definition) is 6. The first-order chi connectivity index (χ1) is 12.5. The van der Waals surface area contributed by atoms with Crippen molar-refractivity contribution in [1.82, 2.24) is 9.97 Å². The summed E-state index contributed by atoms with van der Waals surface area (Å²) in [4.78, 5) is 19.9. The Balaban J connectivity index is 1.83. The largest absolute Gasteiger partial charge is 0.465 e. The molecule has 0 saturated carbocycles. The normalized spacial score (nSPS) is 11.0. The van der Waals surface area contributed by atoms with Crippen molar-refractivity contribution in [3.63, 3.8) is 0 Å². The average molecular weight is 369 g/mol. The molecule has 0 aliphatic carbocycles. The molecule has 0 bridgehead atoms. The third kappa shape index (κ3) is 3.86. The highest BCUT2D eigenvalue weighted by Crippen LogP contribution is 2.19. The van der Waals surface area contributed by atoms with Crippen LogP contribution in [0.25, 0.3) is 11.4 Å². The third-order valence-electron chi connectivity index (χ3n) is 3.50. The van der Waals surface area contributed by atoms with Gasteiger partial charge < -0.3 is 4.74 Å². The van der Waals surface area contributed by atoms with E-state index < -0.39 is 16.0 Å². The van der Waals surface area contributed by atoms with E-state index in [2.05, 4.69) is 19.4 Å². The van der Waals surface area contributed by atoms with Crippen LogP contribution in [0.2, 0.25) is 0 Å². The van der Waals surface area contributed by atoms with Crippen molar-refractivity contribution in [1.29, 1.82) is 0 Å². The Morgan fingerprint density at radius 3 is 2.35 bits per heavy atom. The zero-order valence-electron chi connectivity index (χ0n) is 13.8. The highest BCUT2D eigenvalue weighted by atomic mass is 32.2. The van der Waals surface area contributed by atoms with Crippen LogP contribution in [0.4, 0.5) is 5.69 Å². The van der Waals surface area contributed by atoms with Gasteiger partial charge in [-0.1, -0.05) is 36.4 Å². The lowest BCUT2D eigenvalue weighted by molar-refractivity contribution is 0.0600. The van der Waals surface area contributed by atoms with Gasteiger partial charge in [-0.05, 0) is 18.2 Å². The smallest absolute Gasteiger partial charge is 0.337 e. The van der Waals surface area contributed by atoms with Gasteiger partial charge in [0.25, 0.3) is 10.0 Å². The van der Waals surface area contributed by atoms with E-state index in [4.69, 9.17) is 0 Å². The van der Waals surface area contributed by atoms with Gasteiger partial charge >= 0.3 is 5.97 Å². The SMILES string of the molecule is COC(=O)c1cccc(S(=O)(=O)Nc2cnc(-c3ccccc3)nc2)c1. The molecule has 1 aromatic heterocycles. The summed E-state index contributed by atoms with van der Waals surface area (Å²) >= 11 is 0. The topological polar surface area (TPSA) is 98.2 Å². The molecule has 132 valence electrons. The van der Waals surface area contributed by atoms with Gasteiger partial charge in [0, 0.05) is 5.56 Å². The molecule has 0 atom stereocenters. The summed E-state index contributed by atoms with van der Waals surface area (Å²) in [6.45, 7) is 0. The number of nitrogens with zero attached hydrogens (tertiary/aromatic N) is 2. The molecule has 1 heterocycles. The lowest BCUT2D eigenvalue weighted by Crippen LogP contribution is -2.14. The van der Waals surface area contributed by atoms with E-state index in [1.54, 1.807) is 0 Å². The van der Waals surface area contributed by atoms with Crippen molar-refractivity contribution in [2.75, 3.05) is 11.8 Å². The first-order valence-corrected chi connectivity index (χ1v) is 9.06. The van der Waals surface area contributed by atoms with Gasteiger partial charge in [-0.25, -0.2) is 23.2 Å². The van der Waals surface area contributed by atoms with Crippen LogP contribution in [0.3, 0.4) is 0 Å². The van der Waals surface area contributed by atoms with Crippen LogP contribution in [-0.2, 0) is 14.8 Å². The highest BCUT2D eigenvalue weighted by molar-refractivity contribution is 7.92. The van der Waals surface area contributed by atoms with E-state index in [0.717, 1.165) is 5.56 Å². The number of carbonyl (C=O) groups is 1. The summed E-state index contributed by atoms with van der Waals surface area (Å²) in [5.74, 6) is -0.126. The molecule has 8 heteroatoms. The number of anilines is 1. The predicted molar refractivity (Wildman–Crippen MR) is 96.1 cm³/mol. The number of aromatic nitrogens is 2. The Hall–Kier alpha value is -3.26. The Morgan fingerprint density at radius 2 is 1.69 bits per heavy atom. The van der Waals surface area contributed by atoms with Gasteiger partial charge in [-0.15, -0.1) is 0 Å². The monoisotopic (exact) mass is 369 g/mol. The number of esters is 1. The third-order valence-corrected chi connectivity index (χ3v) is 4.88. The molecular formula is C18H15N3O4S. The molecule has 3 aromatic rings. The minimum Gasteiger partial charge on any atom is -0.465 e. The van der Waals surface area contributed by atoms with E-state index >= 15 is 0 Å². The Kier molecular flexibility index (Phi) is 4.94. The molecule has 7 nitrogen and oxygen atoms in total. The van der Waals surface area contributed by atoms with Crippen molar-refractivity contribution >= 4 is 21.7 Å². The van der Waals surface area contributed by atoms with Gasteiger partial charge in [0.15, 0.2) is 5.82 Å². The summed E-state index contributed by atoms with van der Waals surface area (Å²) < 4.78 is 32.0. The molecule has 0 radical (unpaired) electrons. The molecule has 0 spiro atoms. The van der Waals surface area contributed by atoms with Gasteiger partial charge in [0.05, 0.1) is 35.6 Å². The van der Waals surface area contributed by atoms with Crippen molar-refractivity contribution in [3.05, 3.63) is 72.6 Å². The van der Waals surface area contributed by atoms with E-state index in [-0.39, 0.29) is 16.1 Å². The number of nitrogens with one attached hydrogen (secondary N) is 1. The lowest BCUT2D eigenvalue weighted by atomic mass is 10.2. The number of ether oxygens (including phenoxy) is 1. The number of benzene rings is 2. The fourth-order valence-electron chi connectivity index (χ4n) is 2.24.